The number of methoxy groups -OCH3 is 1. The van der Waals surface area contributed by atoms with Gasteiger partial charge in [0.2, 0.25) is 5.24 Å². The van der Waals surface area contributed by atoms with E-state index in [1.165, 1.54) is 0 Å². The maximum atomic E-state index is 10.5. The molecule has 0 heterocycles. The highest BCUT2D eigenvalue weighted by Gasteiger charge is 2.24. The summed E-state index contributed by atoms with van der Waals surface area (Å²) in [5, 5.41) is -0.482. The van der Waals surface area contributed by atoms with Crippen LogP contribution in [0.25, 0.3) is 0 Å². The lowest BCUT2D eigenvalue weighted by Crippen LogP contribution is -2.36. The van der Waals surface area contributed by atoms with Crippen molar-refractivity contribution in [2.75, 3.05) is 26.9 Å². The van der Waals surface area contributed by atoms with Crippen molar-refractivity contribution in [2.24, 2.45) is 0 Å². The first-order valence-corrected chi connectivity index (χ1v) is 6.01. The van der Waals surface area contributed by atoms with E-state index in [2.05, 4.69) is 0 Å². The van der Waals surface area contributed by atoms with E-state index < -0.39 is 5.24 Å². The van der Waals surface area contributed by atoms with E-state index >= 15 is 0 Å². The van der Waals surface area contributed by atoms with Crippen molar-refractivity contribution < 1.29 is 19.0 Å². The molecular weight excluding hydrogens is 244 g/mol. The number of carbonyl (C=O) groups excluding carboxylic acids is 1. The summed E-state index contributed by atoms with van der Waals surface area (Å²) in [6, 6.07) is 0. The highest BCUT2D eigenvalue weighted by Crippen LogP contribution is 2.18. The minimum atomic E-state index is -0.482. The van der Waals surface area contributed by atoms with Crippen molar-refractivity contribution in [1.82, 2.24) is 0 Å². The second-order valence-corrected chi connectivity index (χ2v) is 5.59. The molecule has 4 nitrogen and oxygen atoms in total. The second-order valence-electron chi connectivity index (χ2n) is 5.17. The van der Waals surface area contributed by atoms with Gasteiger partial charge in [0.1, 0.15) is 6.61 Å². The molecule has 0 aromatic heterocycles. The maximum Gasteiger partial charge on any atom is 0.247 e. The molecule has 0 N–H and O–H groups in total. The van der Waals surface area contributed by atoms with Gasteiger partial charge in [-0.15, -0.1) is 0 Å². The van der Waals surface area contributed by atoms with Crippen LogP contribution in [-0.2, 0) is 19.0 Å². The molecule has 0 rings (SSSR count). The third-order valence-electron chi connectivity index (χ3n) is 2.43. The Hall–Kier alpha value is -0.160. The third kappa shape index (κ3) is 9.53. The van der Waals surface area contributed by atoms with Crippen LogP contribution in [0.3, 0.4) is 0 Å². The van der Waals surface area contributed by atoms with Gasteiger partial charge in [-0.25, -0.2) is 0 Å². The van der Waals surface area contributed by atoms with Gasteiger partial charge in [0.05, 0.1) is 17.8 Å². The predicted octanol–water partition coefficient (Wildman–Crippen LogP) is 2.38. The van der Waals surface area contributed by atoms with Gasteiger partial charge in [-0.05, 0) is 45.7 Å². The van der Waals surface area contributed by atoms with E-state index in [4.69, 9.17) is 25.8 Å². The molecule has 102 valence electrons. The van der Waals surface area contributed by atoms with Gasteiger partial charge in [0, 0.05) is 13.7 Å². The maximum absolute atomic E-state index is 10.5. The van der Waals surface area contributed by atoms with E-state index in [-0.39, 0.29) is 17.8 Å². The van der Waals surface area contributed by atoms with Crippen molar-refractivity contribution in [3.8, 4) is 0 Å². The van der Waals surface area contributed by atoms with Gasteiger partial charge < -0.3 is 14.2 Å². The fourth-order valence-corrected chi connectivity index (χ4v) is 1.05. The summed E-state index contributed by atoms with van der Waals surface area (Å²) in [6.45, 7) is 8.78. The Bertz CT molecular complexity index is 239. The van der Waals surface area contributed by atoms with Gasteiger partial charge in [-0.1, -0.05) is 0 Å². The molecule has 0 amide bonds. The SMILES string of the molecule is COC(C)(C)COC(C)(C)CCOCC(=O)Cl. The van der Waals surface area contributed by atoms with Crippen LogP contribution in [0.5, 0.6) is 0 Å². The lowest BCUT2D eigenvalue weighted by molar-refractivity contribution is -0.121. The lowest BCUT2D eigenvalue weighted by atomic mass is 10.0. The third-order valence-corrected chi connectivity index (χ3v) is 2.54. The van der Waals surface area contributed by atoms with Crippen LogP contribution in [0.4, 0.5) is 0 Å². The smallest absolute Gasteiger partial charge is 0.247 e. The molecule has 0 aliphatic heterocycles. The number of carbonyl (C=O) groups is 1. The summed E-state index contributed by atoms with van der Waals surface area (Å²) in [4.78, 5) is 10.5. The Balaban J connectivity index is 3.83. The fourth-order valence-electron chi connectivity index (χ4n) is 0.971. The van der Waals surface area contributed by atoms with Crippen LogP contribution in [0.15, 0.2) is 0 Å². The van der Waals surface area contributed by atoms with Gasteiger partial charge in [0.25, 0.3) is 0 Å². The van der Waals surface area contributed by atoms with Crippen LogP contribution in [0.2, 0.25) is 0 Å². The Morgan fingerprint density at radius 3 is 2.24 bits per heavy atom. The number of rotatable bonds is 9. The highest BCUT2D eigenvalue weighted by atomic mass is 35.5. The minimum absolute atomic E-state index is 0.0544. The van der Waals surface area contributed by atoms with Crippen molar-refractivity contribution in [3.63, 3.8) is 0 Å². The minimum Gasteiger partial charge on any atom is -0.376 e. The Labute approximate surface area is 109 Å². The summed E-state index contributed by atoms with van der Waals surface area (Å²) >= 11 is 5.16. The van der Waals surface area contributed by atoms with Crippen molar-refractivity contribution in [1.29, 1.82) is 0 Å². The van der Waals surface area contributed by atoms with E-state index in [0.717, 1.165) is 0 Å². The number of halogens is 1. The van der Waals surface area contributed by atoms with Gasteiger partial charge in [-0.3, -0.25) is 4.79 Å². The largest absolute Gasteiger partial charge is 0.376 e. The first-order valence-electron chi connectivity index (χ1n) is 5.64. The molecular formula is C12H23ClO4. The normalized spacial score (nSPS) is 12.8. The zero-order valence-corrected chi connectivity index (χ0v) is 12.1. The summed E-state index contributed by atoms with van der Waals surface area (Å²) in [7, 11) is 1.66. The van der Waals surface area contributed by atoms with E-state index in [0.29, 0.717) is 19.6 Å². The first kappa shape index (κ1) is 16.8. The van der Waals surface area contributed by atoms with Crippen LogP contribution in [-0.4, -0.2) is 43.4 Å². The average Bonchev–Trinajstić information content (AvgIpc) is 2.22. The summed E-state index contributed by atoms with van der Waals surface area (Å²) in [5.41, 5.74) is -0.616. The Morgan fingerprint density at radius 1 is 1.18 bits per heavy atom. The molecule has 17 heavy (non-hydrogen) atoms. The summed E-state index contributed by atoms with van der Waals surface area (Å²) in [5.74, 6) is 0. The molecule has 0 fully saturated rings. The van der Waals surface area contributed by atoms with Gasteiger partial charge in [0.15, 0.2) is 0 Å². The number of hydrogen-bond acceptors (Lipinski definition) is 4. The molecule has 5 heteroatoms. The van der Waals surface area contributed by atoms with Crippen molar-refractivity contribution in [2.45, 2.75) is 45.3 Å². The standard InChI is InChI=1S/C12H23ClO4/c1-11(2,6-7-16-8-10(13)14)17-9-12(3,4)15-5/h6-9H2,1-5H3. The fraction of sp³-hybridized carbons (Fsp3) is 0.917. The molecule has 0 atom stereocenters. The van der Waals surface area contributed by atoms with Crippen molar-refractivity contribution >= 4 is 16.8 Å². The molecule has 0 aromatic rings. The van der Waals surface area contributed by atoms with Crippen LogP contribution in [0, 0.1) is 0 Å². The molecule has 0 saturated carbocycles. The van der Waals surface area contributed by atoms with E-state index in [1.807, 2.05) is 27.7 Å². The first-order chi connectivity index (χ1) is 7.68. The van der Waals surface area contributed by atoms with E-state index in [1.54, 1.807) is 7.11 Å². The average molecular weight is 267 g/mol. The summed E-state index contributed by atoms with van der Waals surface area (Å²) in [6.07, 6.45) is 0.691. The molecule has 0 saturated heterocycles. The molecule has 0 aliphatic rings. The second kappa shape index (κ2) is 7.31. The zero-order valence-electron chi connectivity index (χ0n) is 11.3. The predicted molar refractivity (Wildman–Crippen MR) is 67.4 cm³/mol. The lowest BCUT2D eigenvalue weighted by Gasteiger charge is -2.31. The quantitative estimate of drug-likeness (QED) is 0.475. The molecule has 0 aromatic carbocycles. The van der Waals surface area contributed by atoms with Crippen molar-refractivity contribution in [3.05, 3.63) is 0 Å². The highest BCUT2D eigenvalue weighted by molar-refractivity contribution is 6.63. The number of ether oxygens (including phenoxy) is 3. The topological polar surface area (TPSA) is 44.8 Å². The van der Waals surface area contributed by atoms with Crippen LogP contribution >= 0.6 is 11.6 Å². The van der Waals surface area contributed by atoms with Crippen LogP contribution < -0.4 is 0 Å². The summed E-state index contributed by atoms with van der Waals surface area (Å²) < 4.78 is 16.1. The van der Waals surface area contributed by atoms with E-state index in [9.17, 15) is 4.79 Å². The molecule has 0 aliphatic carbocycles. The molecule has 0 radical (unpaired) electrons. The molecule has 0 unspecified atom stereocenters. The number of hydrogen-bond donors (Lipinski definition) is 0. The zero-order chi connectivity index (χ0) is 13.5. The van der Waals surface area contributed by atoms with Crippen LogP contribution in [0.1, 0.15) is 34.1 Å². The van der Waals surface area contributed by atoms with Gasteiger partial charge >= 0.3 is 0 Å². The monoisotopic (exact) mass is 266 g/mol. The Morgan fingerprint density at radius 2 is 1.76 bits per heavy atom. The molecule has 0 bridgehead atoms. The van der Waals surface area contributed by atoms with Gasteiger partial charge in [-0.2, -0.15) is 0 Å². The molecule has 0 spiro atoms. The Kier molecular flexibility index (Phi) is 7.24.